The van der Waals surface area contributed by atoms with Crippen LogP contribution < -0.4 is 5.73 Å². The van der Waals surface area contributed by atoms with Gasteiger partial charge in [0.1, 0.15) is 5.82 Å². The predicted octanol–water partition coefficient (Wildman–Crippen LogP) is 3.31. The van der Waals surface area contributed by atoms with Gasteiger partial charge in [0.2, 0.25) is 0 Å². The molecule has 0 spiro atoms. The van der Waals surface area contributed by atoms with Crippen molar-refractivity contribution in [1.82, 2.24) is 10.2 Å². The molecule has 86 valence electrons. The summed E-state index contributed by atoms with van der Waals surface area (Å²) >= 11 is 0. The summed E-state index contributed by atoms with van der Waals surface area (Å²) in [7, 11) is 0. The fourth-order valence-corrected chi connectivity index (χ4v) is 1.51. The second-order valence-electron chi connectivity index (χ2n) is 3.66. The Morgan fingerprint density at radius 1 is 1.56 bits per heavy atom. The number of anilines is 1. The third-order valence-electron chi connectivity index (χ3n) is 2.16. The molecule has 0 radical (unpaired) electrons. The van der Waals surface area contributed by atoms with Crippen molar-refractivity contribution >= 4 is 11.4 Å². The van der Waals surface area contributed by atoms with Crippen LogP contribution in [0.2, 0.25) is 0 Å². The number of aromatic nitrogens is 2. The normalized spacial score (nSPS) is 13.7. The first kappa shape index (κ1) is 12.3. The molecule has 0 atom stereocenters. The van der Waals surface area contributed by atoms with Crippen molar-refractivity contribution in [2.75, 3.05) is 5.73 Å². The minimum absolute atomic E-state index is 0.516. The summed E-state index contributed by atoms with van der Waals surface area (Å²) in [5, 5.41) is 6.85. The van der Waals surface area contributed by atoms with Gasteiger partial charge in [-0.3, -0.25) is 5.10 Å². The van der Waals surface area contributed by atoms with E-state index < -0.39 is 0 Å². The number of hydrogen-bond acceptors (Lipinski definition) is 2. The van der Waals surface area contributed by atoms with Gasteiger partial charge in [0.25, 0.3) is 0 Å². The van der Waals surface area contributed by atoms with Crippen LogP contribution in [0, 0.1) is 0 Å². The van der Waals surface area contributed by atoms with Gasteiger partial charge < -0.3 is 5.73 Å². The van der Waals surface area contributed by atoms with Crippen LogP contribution in [0.5, 0.6) is 0 Å². The molecule has 0 aliphatic heterocycles. The third-order valence-corrected chi connectivity index (χ3v) is 2.16. The van der Waals surface area contributed by atoms with E-state index >= 15 is 0 Å². The van der Waals surface area contributed by atoms with Crippen LogP contribution in [0.1, 0.15) is 32.9 Å². The van der Waals surface area contributed by atoms with E-state index in [4.69, 9.17) is 5.73 Å². The predicted molar refractivity (Wildman–Crippen MR) is 69.8 cm³/mol. The lowest BCUT2D eigenvalue weighted by Gasteiger charge is -1.99. The second kappa shape index (κ2) is 5.95. The number of nitrogens with two attached hydrogens (primary N) is 1. The highest BCUT2D eigenvalue weighted by molar-refractivity contribution is 5.74. The van der Waals surface area contributed by atoms with Gasteiger partial charge in [-0.2, -0.15) is 5.10 Å². The van der Waals surface area contributed by atoms with E-state index in [9.17, 15) is 0 Å². The monoisotopic (exact) mass is 217 g/mol. The third kappa shape index (κ3) is 3.42. The maximum atomic E-state index is 5.59. The highest BCUT2D eigenvalue weighted by Crippen LogP contribution is 2.17. The lowest BCUT2D eigenvalue weighted by molar-refractivity contribution is 1.08. The van der Waals surface area contributed by atoms with Gasteiger partial charge in [-0.25, -0.2) is 0 Å². The number of nitrogens with one attached hydrogen (secondary N) is 1. The molecule has 1 rings (SSSR count). The molecule has 16 heavy (non-hydrogen) atoms. The quantitative estimate of drug-likeness (QED) is 0.760. The molecule has 0 aliphatic carbocycles. The Bertz CT molecular complexity index is 422. The van der Waals surface area contributed by atoms with Crippen molar-refractivity contribution in [3.63, 3.8) is 0 Å². The molecule has 0 saturated carbocycles. The molecule has 0 aromatic carbocycles. The van der Waals surface area contributed by atoms with E-state index in [1.54, 1.807) is 0 Å². The first-order chi connectivity index (χ1) is 7.67. The Labute approximate surface area is 96.7 Å². The van der Waals surface area contributed by atoms with E-state index in [0.29, 0.717) is 5.82 Å². The van der Waals surface area contributed by atoms with Crippen molar-refractivity contribution in [3.8, 4) is 0 Å². The Hall–Kier alpha value is -1.77. The van der Waals surface area contributed by atoms with Crippen LogP contribution in [0.3, 0.4) is 0 Å². The van der Waals surface area contributed by atoms with Crippen LogP contribution in [0.15, 0.2) is 35.9 Å². The zero-order valence-electron chi connectivity index (χ0n) is 10.1. The van der Waals surface area contributed by atoms with Gasteiger partial charge in [-0.15, -0.1) is 0 Å². The average molecular weight is 217 g/mol. The van der Waals surface area contributed by atoms with Crippen LogP contribution >= 0.6 is 0 Å². The maximum Gasteiger partial charge on any atom is 0.145 e. The molecule has 1 aromatic rings. The van der Waals surface area contributed by atoms with Gasteiger partial charge in [-0.1, -0.05) is 36.8 Å². The first-order valence-electron chi connectivity index (χ1n) is 5.49. The number of nitrogen functional groups attached to an aromatic ring is 1. The molecular formula is C13H19N3. The minimum atomic E-state index is 0.516. The van der Waals surface area contributed by atoms with Crippen LogP contribution in [0.4, 0.5) is 5.82 Å². The van der Waals surface area contributed by atoms with Gasteiger partial charge in [0, 0.05) is 6.07 Å². The summed E-state index contributed by atoms with van der Waals surface area (Å²) < 4.78 is 0. The molecule has 0 bridgehead atoms. The molecule has 1 aromatic heterocycles. The highest BCUT2D eigenvalue weighted by atomic mass is 15.2. The molecular weight excluding hydrogens is 198 g/mol. The van der Waals surface area contributed by atoms with Crippen LogP contribution in [-0.4, -0.2) is 10.2 Å². The second-order valence-corrected chi connectivity index (χ2v) is 3.66. The smallest absolute Gasteiger partial charge is 0.145 e. The van der Waals surface area contributed by atoms with E-state index in [1.165, 1.54) is 5.57 Å². The molecule has 1 heterocycles. The van der Waals surface area contributed by atoms with Crippen molar-refractivity contribution in [3.05, 3.63) is 41.6 Å². The summed E-state index contributed by atoms with van der Waals surface area (Å²) in [4.78, 5) is 0. The number of aromatic amines is 1. The number of rotatable bonds is 4. The van der Waals surface area contributed by atoms with Gasteiger partial charge >= 0.3 is 0 Å². The topological polar surface area (TPSA) is 54.7 Å². The summed E-state index contributed by atoms with van der Waals surface area (Å²) in [6.45, 7) is 6.21. The molecule has 3 N–H and O–H groups in total. The van der Waals surface area contributed by atoms with Crippen molar-refractivity contribution in [2.24, 2.45) is 0 Å². The average Bonchev–Trinajstić information content (AvgIpc) is 2.64. The molecule has 0 amide bonds. The number of H-pyrrole nitrogens is 1. The summed E-state index contributed by atoms with van der Waals surface area (Å²) in [5.74, 6) is 0.516. The molecule has 0 unspecified atom stereocenters. The summed E-state index contributed by atoms with van der Waals surface area (Å²) in [5.41, 5.74) is 8.87. The largest absolute Gasteiger partial charge is 0.382 e. The Morgan fingerprint density at radius 3 is 2.81 bits per heavy atom. The van der Waals surface area contributed by atoms with E-state index in [-0.39, 0.29) is 0 Å². The Balaban J connectivity index is 3.04. The summed E-state index contributed by atoms with van der Waals surface area (Å²) in [6.07, 6.45) is 9.39. The lowest BCUT2D eigenvalue weighted by atomic mass is 10.1. The fourth-order valence-electron chi connectivity index (χ4n) is 1.51. The zero-order valence-corrected chi connectivity index (χ0v) is 10.1. The van der Waals surface area contributed by atoms with Crippen molar-refractivity contribution < 1.29 is 0 Å². The van der Waals surface area contributed by atoms with Gasteiger partial charge in [0.05, 0.1) is 5.69 Å². The number of hydrogen-bond donors (Lipinski definition) is 2. The molecule has 3 heteroatoms. The zero-order chi connectivity index (χ0) is 12.0. The van der Waals surface area contributed by atoms with E-state index in [2.05, 4.69) is 36.2 Å². The Kier molecular flexibility index (Phi) is 4.58. The lowest BCUT2D eigenvalue weighted by Crippen LogP contribution is -1.82. The molecule has 0 saturated heterocycles. The maximum absolute atomic E-state index is 5.59. The minimum Gasteiger partial charge on any atom is -0.382 e. The standard InChI is InChI=1S/C13H19N3/c1-4-6-10(3)8-11(7-5-2)12-9-13(14)16-15-12/h5-9H,4H2,1-3H3,(H3,14,15,16)/b7-5-,10-6+,11-8+. The first-order valence-corrected chi connectivity index (χ1v) is 5.49. The molecule has 0 fully saturated rings. The fraction of sp³-hybridized carbons (Fsp3) is 0.308. The van der Waals surface area contributed by atoms with Crippen molar-refractivity contribution in [2.45, 2.75) is 27.2 Å². The van der Waals surface area contributed by atoms with Gasteiger partial charge in [0.15, 0.2) is 0 Å². The van der Waals surface area contributed by atoms with E-state index in [1.807, 2.05) is 25.1 Å². The van der Waals surface area contributed by atoms with E-state index in [0.717, 1.165) is 17.7 Å². The summed E-state index contributed by atoms with van der Waals surface area (Å²) in [6, 6.07) is 1.84. The SMILES string of the molecule is C\C=C/C(=C\C(C)=C\CC)c1cc(N)n[nH]1. The molecule has 0 aliphatic rings. The number of allylic oxidation sites excluding steroid dienone is 6. The van der Waals surface area contributed by atoms with Gasteiger partial charge in [-0.05, 0) is 25.8 Å². The van der Waals surface area contributed by atoms with Crippen LogP contribution in [0.25, 0.3) is 5.57 Å². The molecule has 3 nitrogen and oxygen atoms in total. The van der Waals surface area contributed by atoms with Crippen molar-refractivity contribution in [1.29, 1.82) is 0 Å². The van der Waals surface area contributed by atoms with Crippen LogP contribution in [-0.2, 0) is 0 Å². The number of nitrogens with zero attached hydrogens (tertiary/aromatic N) is 1. The Morgan fingerprint density at radius 2 is 2.31 bits per heavy atom. The highest BCUT2D eigenvalue weighted by Gasteiger charge is 2.01.